The van der Waals surface area contributed by atoms with Crippen LogP contribution in [0, 0.1) is 11.3 Å². The largest absolute Gasteiger partial charge is 0.508 e. The molecule has 0 fully saturated rings. The molecule has 0 heterocycles. The van der Waals surface area contributed by atoms with Crippen molar-refractivity contribution in [3.05, 3.63) is 29.8 Å². The molecule has 0 aliphatic heterocycles. The second-order valence-corrected chi connectivity index (χ2v) is 6.23. The lowest BCUT2D eigenvalue weighted by Gasteiger charge is -2.15. The molecule has 0 aliphatic carbocycles. The molecule has 0 saturated carbocycles. The van der Waals surface area contributed by atoms with Crippen LogP contribution in [0.2, 0.25) is 0 Å². The third kappa shape index (κ3) is 4.22. The number of nitrogens with one attached hydrogen (secondary N) is 1. The standard InChI is InChI=1S/C12H14N2O5S/c1-8(7-13)20(18,19)14-11(12(16)17)6-9-2-4-10(15)5-3-9/h2-5,8,11,14-15H,6H2,1H3,(H,16,17)/t8?,11-/m1/s1. The number of carbonyl (C=O) groups is 1. The van der Waals surface area contributed by atoms with Gasteiger partial charge in [0.1, 0.15) is 11.8 Å². The van der Waals surface area contributed by atoms with Crippen molar-refractivity contribution >= 4 is 16.0 Å². The molecule has 108 valence electrons. The van der Waals surface area contributed by atoms with E-state index < -0.39 is 27.3 Å². The topological polar surface area (TPSA) is 127 Å². The maximum Gasteiger partial charge on any atom is 0.322 e. The number of rotatable bonds is 6. The molecule has 2 atom stereocenters. The van der Waals surface area contributed by atoms with Gasteiger partial charge in [-0.1, -0.05) is 12.1 Å². The molecule has 0 aliphatic rings. The summed E-state index contributed by atoms with van der Waals surface area (Å²) in [6, 6.07) is 5.91. The quantitative estimate of drug-likeness (QED) is 0.689. The van der Waals surface area contributed by atoms with E-state index in [-0.39, 0.29) is 12.2 Å². The van der Waals surface area contributed by atoms with Crippen LogP contribution in [-0.2, 0) is 21.2 Å². The first-order valence-electron chi connectivity index (χ1n) is 5.67. The maximum absolute atomic E-state index is 11.7. The molecule has 1 rings (SSSR count). The number of sulfonamides is 1. The van der Waals surface area contributed by atoms with Crippen LogP contribution in [0.3, 0.4) is 0 Å². The number of aromatic hydroxyl groups is 1. The Balaban J connectivity index is 2.89. The summed E-state index contributed by atoms with van der Waals surface area (Å²) in [5.74, 6) is -1.31. The Hall–Kier alpha value is -2.11. The van der Waals surface area contributed by atoms with Crippen molar-refractivity contribution in [2.75, 3.05) is 0 Å². The highest BCUT2D eigenvalue weighted by Gasteiger charge is 2.28. The van der Waals surface area contributed by atoms with Crippen LogP contribution in [0.4, 0.5) is 0 Å². The summed E-state index contributed by atoms with van der Waals surface area (Å²) in [6.45, 7) is 1.17. The van der Waals surface area contributed by atoms with Gasteiger partial charge in [-0.25, -0.2) is 8.42 Å². The van der Waals surface area contributed by atoms with E-state index in [0.717, 1.165) is 0 Å². The first kappa shape index (κ1) is 15.9. The number of nitrogens with zero attached hydrogens (tertiary/aromatic N) is 1. The van der Waals surface area contributed by atoms with Crippen molar-refractivity contribution in [1.82, 2.24) is 4.72 Å². The van der Waals surface area contributed by atoms with Gasteiger partial charge in [0, 0.05) is 0 Å². The monoisotopic (exact) mass is 298 g/mol. The molecular formula is C12H14N2O5S. The molecule has 3 N–H and O–H groups in total. The minimum atomic E-state index is -4.02. The zero-order chi connectivity index (χ0) is 15.3. The Morgan fingerprint density at radius 3 is 2.40 bits per heavy atom. The number of phenols is 1. The number of carboxylic acids is 1. The number of benzene rings is 1. The molecule has 1 aromatic rings. The van der Waals surface area contributed by atoms with Crippen molar-refractivity contribution in [3.8, 4) is 11.8 Å². The van der Waals surface area contributed by atoms with Crippen molar-refractivity contribution < 1.29 is 23.4 Å². The summed E-state index contributed by atoms with van der Waals surface area (Å²) in [7, 11) is -4.02. The van der Waals surface area contributed by atoms with Crippen LogP contribution >= 0.6 is 0 Å². The Morgan fingerprint density at radius 2 is 1.95 bits per heavy atom. The number of hydrogen-bond donors (Lipinski definition) is 3. The van der Waals surface area contributed by atoms with Crippen LogP contribution < -0.4 is 4.72 Å². The molecular weight excluding hydrogens is 284 g/mol. The molecule has 0 bridgehead atoms. The number of carboxylic acid groups (broad SMARTS) is 1. The molecule has 8 heteroatoms. The van der Waals surface area contributed by atoms with Crippen molar-refractivity contribution in [1.29, 1.82) is 5.26 Å². The van der Waals surface area contributed by atoms with Gasteiger partial charge in [-0.3, -0.25) is 4.79 Å². The Bertz CT molecular complexity index is 618. The highest BCUT2D eigenvalue weighted by Crippen LogP contribution is 2.12. The lowest BCUT2D eigenvalue weighted by molar-refractivity contribution is -0.138. The second-order valence-electron chi connectivity index (χ2n) is 4.20. The smallest absolute Gasteiger partial charge is 0.322 e. The van der Waals surface area contributed by atoms with E-state index in [1.807, 2.05) is 4.72 Å². The maximum atomic E-state index is 11.7. The third-order valence-electron chi connectivity index (χ3n) is 2.63. The fourth-order valence-corrected chi connectivity index (χ4v) is 2.34. The summed E-state index contributed by atoms with van der Waals surface area (Å²) in [6.07, 6.45) is -0.0903. The number of hydrogen-bond acceptors (Lipinski definition) is 5. The van der Waals surface area contributed by atoms with Gasteiger partial charge >= 0.3 is 5.97 Å². The van der Waals surface area contributed by atoms with Gasteiger partial charge in [-0.15, -0.1) is 0 Å². The van der Waals surface area contributed by atoms with E-state index >= 15 is 0 Å². The zero-order valence-electron chi connectivity index (χ0n) is 10.6. The van der Waals surface area contributed by atoms with Crippen molar-refractivity contribution in [3.63, 3.8) is 0 Å². The van der Waals surface area contributed by atoms with Gasteiger partial charge in [-0.05, 0) is 31.0 Å². The first-order valence-corrected chi connectivity index (χ1v) is 7.22. The summed E-state index contributed by atoms with van der Waals surface area (Å²) in [5.41, 5.74) is 0.544. The van der Waals surface area contributed by atoms with E-state index in [4.69, 9.17) is 15.5 Å². The zero-order valence-corrected chi connectivity index (χ0v) is 11.5. The number of phenolic OH excluding ortho intramolecular Hbond substituents is 1. The minimum absolute atomic E-state index is 0.0271. The molecule has 7 nitrogen and oxygen atoms in total. The first-order chi connectivity index (χ1) is 9.26. The van der Waals surface area contributed by atoms with E-state index in [1.54, 1.807) is 6.07 Å². The van der Waals surface area contributed by atoms with Crippen LogP contribution in [0.15, 0.2) is 24.3 Å². The normalized spacial score (nSPS) is 14.2. The molecule has 0 radical (unpaired) electrons. The van der Waals surface area contributed by atoms with Crippen molar-refractivity contribution in [2.24, 2.45) is 0 Å². The molecule has 1 unspecified atom stereocenters. The van der Waals surface area contributed by atoms with Crippen LogP contribution in [-0.4, -0.2) is 35.9 Å². The van der Waals surface area contributed by atoms with Crippen LogP contribution in [0.25, 0.3) is 0 Å². The Kier molecular flexibility index (Phi) is 5.07. The summed E-state index contributed by atoms with van der Waals surface area (Å²) in [5, 5.41) is 25.4. The lowest BCUT2D eigenvalue weighted by Crippen LogP contribution is -2.45. The predicted octanol–water partition coefficient (Wildman–Crippen LogP) is 0.219. The third-order valence-corrected chi connectivity index (χ3v) is 4.28. The van der Waals surface area contributed by atoms with Crippen LogP contribution in [0.5, 0.6) is 5.75 Å². The van der Waals surface area contributed by atoms with E-state index in [0.29, 0.717) is 5.56 Å². The van der Waals surface area contributed by atoms with Gasteiger partial charge in [0.2, 0.25) is 10.0 Å². The Morgan fingerprint density at radius 1 is 1.40 bits per heavy atom. The summed E-state index contributed by atoms with van der Waals surface area (Å²) >= 11 is 0. The van der Waals surface area contributed by atoms with Gasteiger partial charge in [-0.2, -0.15) is 9.98 Å². The number of aliphatic carboxylic acids is 1. The van der Waals surface area contributed by atoms with Gasteiger partial charge in [0.25, 0.3) is 0 Å². The SMILES string of the molecule is CC(C#N)S(=O)(=O)N[C@H](Cc1ccc(O)cc1)C(=O)O. The van der Waals surface area contributed by atoms with E-state index in [1.165, 1.54) is 31.2 Å². The van der Waals surface area contributed by atoms with Gasteiger partial charge < -0.3 is 10.2 Å². The second kappa shape index (κ2) is 6.36. The molecule has 0 aromatic heterocycles. The molecule has 1 aromatic carbocycles. The summed E-state index contributed by atoms with van der Waals surface area (Å²) < 4.78 is 25.4. The molecule has 0 spiro atoms. The fraction of sp³-hybridized carbons (Fsp3) is 0.333. The molecule has 20 heavy (non-hydrogen) atoms. The minimum Gasteiger partial charge on any atom is -0.508 e. The van der Waals surface area contributed by atoms with Crippen LogP contribution in [0.1, 0.15) is 12.5 Å². The van der Waals surface area contributed by atoms with Gasteiger partial charge in [0.15, 0.2) is 5.25 Å². The summed E-state index contributed by atoms with van der Waals surface area (Å²) in [4.78, 5) is 11.1. The van der Waals surface area contributed by atoms with Gasteiger partial charge in [0.05, 0.1) is 6.07 Å². The average molecular weight is 298 g/mol. The Labute approximate surface area is 116 Å². The fourth-order valence-electron chi connectivity index (χ4n) is 1.42. The lowest BCUT2D eigenvalue weighted by atomic mass is 10.1. The van der Waals surface area contributed by atoms with E-state index in [2.05, 4.69) is 0 Å². The van der Waals surface area contributed by atoms with E-state index in [9.17, 15) is 13.2 Å². The average Bonchev–Trinajstić information content (AvgIpc) is 2.39. The highest BCUT2D eigenvalue weighted by molar-refractivity contribution is 7.90. The molecule has 0 saturated heterocycles. The van der Waals surface area contributed by atoms with Crippen molar-refractivity contribution in [2.45, 2.75) is 24.6 Å². The predicted molar refractivity (Wildman–Crippen MR) is 70.4 cm³/mol. The number of nitriles is 1. The molecule has 0 amide bonds. The highest BCUT2D eigenvalue weighted by atomic mass is 32.2.